The number of halogens is 3. The molecule has 2 aromatic rings. The first kappa shape index (κ1) is 13.0. The molecule has 0 saturated heterocycles. The molecular weight excluding hydrogens is 278 g/mol. The fourth-order valence-corrected chi connectivity index (χ4v) is 1.74. The third-order valence-electron chi connectivity index (χ3n) is 2.17. The second-order valence-electron chi connectivity index (χ2n) is 3.75. The van der Waals surface area contributed by atoms with Crippen molar-refractivity contribution in [2.24, 2.45) is 0 Å². The van der Waals surface area contributed by atoms with Crippen molar-refractivity contribution in [2.75, 3.05) is 19.0 Å². The molecule has 0 spiro atoms. The summed E-state index contributed by atoms with van der Waals surface area (Å²) in [6, 6.07) is 3.99. The first-order valence-corrected chi connectivity index (χ1v) is 5.77. The van der Waals surface area contributed by atoms with Crippen LogP contribution in [0.3, 0.4) is 0 Å². The fraction of sp³-hybridized carbons (Fsp3) is 0.182. The van der Waals surface area contributed by atoms with Crippen LogP contribution >= 0.6 is 23.2 Å². The van der Waals surface area contributed by atoms with E-state index in [1.165, 1.54) is 18.2 Å². The van der Waals surface area contributed by atoms with Gasteiger partial charge in [0.15, 0.2) is 5.82 Å². The number of nitrogens with zero attached hydrogens (tertiary/aromatic N) is 4. The zero-order valence-electron chi connectivity index (χ0n) is 9.65. The van der Waals surface area contributed by atoms with Crippen LogP contribution in [0, 0.1) is 5.82 Å². The Hall–Kier alpha value is -1.46. The Morgan fingerprint density at radius 3 is 2.44 bits per heavy atom. The van der Waals surface area contributed by atoms with E-state index < -0.39 is 5.82 Å². The van der Waals surface area contributed by atoms with Crippen LogP contribution in [0.15, 0.2) is 18.2 Å². The van der Waals surface area contributed by atoms with Crippen molar-refractivity contribution in [3.05, 3.63) is 34.3 Å². The van der Waals surface area contributed by atoms with Gasteiger partial charge in [-0.05, 0) is 29.8 Å². The molecule has 0 aliphatic rings. The Kier molecular flexibility index (Phi) is 3.63. The van der Waals surface area contributed by atoms with Gasteiger partial charge in [-0.15, -0.1) is 0 Å². The van der Waals surface area contributed by atoms with Crippen molar-refractivity contribution in [1.82, 2.24) is 15.0 Å². The van der Waals surface area contributed by atoms with Crippen molar-refractivity contribution in [3.8, 4) is 11.4 Å². The van der Waals surface area contributed by atoms with Crippen molar-refractivity contribution in [1.29, 1.82) is 0 Å². The molecule has 1 aromatic carbocycles. The molecule has 2 rings (SSSR count). The highest BCUT2D eigenvalue weighted by Gasteiger charge is 2.12. The largest absolute Gasteiger partial charge is 0.347 e. The summed E-state index contributed by atoms with van der Waals surface area (Å²) in [5.41, 5.74) is 0.505. The van der Waals surface area contributed by atoms with Gasteiger partial charge in [0.1, 0.15) is 5.82 Å². The van der Waals surface area contributed by atoms with E-state index in [4.69, 9.17) is 23.2 Å². The minimum absolute atomic E-state index is 0.0593. The summed E-state index contributed by atoms with van der Waals surface area (Å²) in [4.78, 5) is 13.8. The minimum Gasteiger partial charge on any atom is -0.347 e. The quantitative estimate of drug-likeness (QED) is 0.851. The maximum atomic E-state index is 13.0. The van der Waals surface area contributed by atoms with Crippen LogP contribution < -0.4 is 4.90 Å². The third-order valence-corrected chi connectivity index (χ3v) is 2.65. The lowest BCUT2D eigenvalue weighted by atomic mass is 10.2. The van der Waals surface area contributed by atoms with Gasteiger partial charge in [-0.2, -0.15) is 15.0 Å². The highest BCUT2D eigenvalue weighted by Crippen LogP contribution is 2.27. The van der Waals surface area contributed by atoms with Crippen molar-refractivity contribution in [2.45, 2.75) is 0 Å². The molecule has 0 atom stereocenters. The van der Waals surface area contributed by atoms with E-state index in [0.717, 1.165) is 0 Å². The Morgan fingerprint density at radius 2 is 1.83 bits per heavy atom. The molecule has 0 radical (unpaired) electrons. The average molecular weight is 287 g/mol. The molecule has 0 amide bonds. The van der Waals surface area contributed by atoms with Gasteiger partial charge in [0, 0.05) is 19.7 Å². The lowest BCUT2D eigenvalue weighted by molar-refractivity contribution is 0.628. The first-order valence-electron chi connectivity index (χ1n) is 5.01. The van der Waals surface area contributed by atoms with Gasteiger partial charge in [0.2, 0.25) is 11.2 Å². The van der Waals surface area contributed by atoms with Crippen molar-refractivity contribution in [3.63, 3.8) is 0 Å². The fourth-order valence-electron chi connectivity index (χ4n) is 1.33. The Balaban J connectivity index is 2.56. The standard InChI is InChI=1S/C11H9Cl2FN4/c1-18(2)11-16-9(15-10(13)17-11)7-4-3-6(14)5-8(7)12/h3-5H,1-2H3. The van der Waals surface area contributed by atoms with Gasteiger partial charge in [0.25, 0.3) is 0 Å². The van der Waals surface area contributed by atoms with Crippen LogP contribution in [0.25, 0.3) is 11.4 Å². The maximum Gasteiger partial charge on any atom is 0.229 e. The van der Waals surface area contributed by atoms with Gasteiger partial charge in [-0.25, -0.2) is 4.39 Å². The van der Waals surface area contributed by atoms with E-state index in [0.29, 0.717) is 17.3 Å². The summed E-state index contributed by atoms with van der Waals surface area (Å²) >= 11 is 11.8. The molecule has 0 aliphatic heterocycles. The summed E-state index contributed by atoms with van der Waals surface area (Å²) in [6.45, 7) is 0. The monoisotopic (exact) mass is 286 g/mol. The lowest BCUT2D eigenvalue weighted by Crippen LogP contribution is -2.14. The van der Waals surface area contributed by atoms with E-state index >= 15 is 0 Å². The lowest BCUT2D eigenvalue weighted by Gasteiger charge is -2.11. The van der Waals surface area contributed by atoms with Crippen molar-refractivity contribution >= 4 is 29.2 Å². The molecule has 7 heteroatoms. The molecule has 1 aromatic heterocycles. The summed E-state index contributed by atoms with van der Waals surface area (Å²) in [5, 5.41) is 0.283. The zero-order valence-corrected chi connectivity index (χ0v) is 11.2. The van der Waals surface area contributed by atoms with Gasteiger partial charge in [-0.1, -0.05) is 11.6 Å². The highest BCUT2D eigenvalue weighted by molar-refractivity contribution is 6.33. The van der Waals surface area contributed by atoms with E-state index in [-0.39, 0.29) is 10.3 Å². The van der Waals surface area contributed by atoms with E-state index in [1.807, 2.05) is 0 Å². The molecular formula is C11H9Cl2FN4. The van der Waals surface area contributed by atoms with Gasteiger partial charge >= 0.3 is 0 Å². The highest BCUT2D eigenvalue weighted by atomic mass is 35.5. The van der Waals surface area contributed by atoms with E-state index in [9.17, 15) is 4.39 Å². The summed E-state index contributed by atoms with van der Waals surface area (Å²) in [7, 11) is 3.56. The SMILES string of the molecule is CN(C)c1nc(Cl)nc(-c2ccc(F)cc2Cl)n1. The molecule has 18 heavy (non-hydrogen) atoms. The Bertz CT molecular complexity index is 589. The molecule has 0 unspecified atom stereocenters. The van der Waals surface area contributed by atoms with Crippen LogP contribution in [-0.4, -0.2) is 29.0 Å². The molecule has 0 aliphatic carbocycles. The van der Waals surface area contributed by atoms with Crippen LogP contribution in [0.1, 0.15) is 0 Å². The van der Waals surface area contributed by atoms with E-state index in [2.05, 4.69) is 15.0 Å². The molecule has 0 saturated carbocycles. The first-order chi connectivity index (χ1) is 8.47. The normalized spacial score (nSPS) is 10.5. The van der Waals surface area contributed by atoms with Crippen LogP contribution in [0.2, 0.25) is 10.3 Å². The number of rotatable bonds is 2. The van der Waals surface area contributed by atoms with Crippen LogP contribution in [0.4, 0.5) is 10.3 Å². The maximum absolute atomic E-state index is 13.0. The van der Waals surface area contributed by atoms with Crippen LogP contribution in [0.5, 0.6) is 0 Å². The average Bonchev–Trinajstić information content (AvgIpc) is 2.27. The van der Waals surface area contributed by atoms with Gasteiger partial charge in [0.05, 0.1) is 5.02 Å². The smallest absolute Gasteiger partial charge is 0.229 e. The number of hydrogen-bond acceptors (Lipinski definition) is 4. The molecule has 0 bridgehead atoms. The minimum atomic E-state index is -0.420. The second kappa shape index (κ2) is 5.04. The Labute approximate surface area is 113 Å². The van der Waals surface area contributed by atoms with Gasteiger partial charge < -0.3 is 4.90 Å². The van der Waals surface area contributed by atoms with Crippen molar-refractivity contribution < 1.29 is 4.39 Å². The molecule has 1 heterocycles. The number of hydrogen-bond donors (Lipinski definition) is 0. The second-order valence-corrected chi connectivity index (χ2v) is 4.49. The Morgan fingerprint density at radius 1 is 1.11 bits per heavy atom. The topological polar surface area (TPSA) is 41.9 Å². The molecule has 4 nitrogen and oxygen atoms in total. The van der Waals surface area contributed by atoms with Gasteiger partial charge in [-0.3, -0.25) is 0 Å². The predicted molar refractivity (Wildman–Crippen MR) is 69.6 cm³/mol. The van der Waals surface area contributed by atoms with Crippen LogP contribution in [-0.2, 0) is 0 Å². The summed E-state index contributed by atoms with van der Waals surface area (Å²) < 4.78 is 13.0. The molecule has 0 N–H and O–H groups in total. The number of aromatic nitrogens is 3. The molecule has 94 valence electrons. The number of anilines is 1. The third kappa shape index (κ3) is 2.68. The summed E-state index contributed by atoms with van der Waals surface area (Å²) in [6.07, 6.45) is 0. The number of benzene rings is 1. The predicted octanol–water partition coefficient (Wildman–Crippen LogP) is 3.05. The molecule has 0 fully saturated rings. The summed E-state index contributed by atoms with van der Waals surface area (Å²) in [5.74, 6) is 0.297. The zero-order chi connectivity index (χ0) is 13.3. The van der Waals surface area contributed by atoms with E-state index in [1.54, 1.807) is 19.0 Å².